The fourth-order valence-electron chi connectivity index (χ4n) is 8.50. The zero-order valence-electron chi connectivity index (χ0n) is 22.4. The van der Waals surface area contributed by atoms with Crippen LogP contribution in [0.3, 0.4) is 0 Å². The Morgan fingerprint density at radius 1 is 0.919 bits per heavy atom. The van der Waals surface area contributed by atoms with Crippen LogP contribution in [0, 0.1) is 11.8 Å². The van der Waals surface area contributed by atoms with Crippen molar-refractivity contribution in [2.75, 3.05) is 6.61 Å². The molecule has 0 radical (unpaired) electrons. The third-order valence-corrected chi connectivity index (χ3v) is 9.86. The first kappa shape index (κ1) is 25.1. The maximum Gasteiger partial charge on any atom is 0.305 e. The molecule has 5 atom stereocenters. The van der Waals surface area contributed by atoms with E-state index in [4.69, 9.17) is 9.72 Å². The summed E-state index contributed by atoms with van der Waals surface area (Å²) in [6.07, 6.45) is 16.0. The van der Waals surface area contributed by atoms with Gasteiger partial charge in [0.15, 0.2) is 0 Å². The summed E-state index contributed by atoms with van der Waals surface area (Å²) in [5, 5.41) is 0. The number of ether oxygens (including phenoxy) is 1. The number of para-hydroxylation sites is 2. The molecule has 2 saturated carbocycles. The number of piperidine rings is 2. The van der Waals surface area contributed by atoms with Crippen molar-refractivity contribution in [3.63, 3.8) is 0 Å². The SMILES string of the molecule is CCOC(=O)CCCc1nc2ccccc2n(C2CC3CCC[C@@H](C2)N3C2CC3CCCC(C3)C2)c1=O. The predicted octanol–water partition coefficient (Wildman–Crippen LogP) is 5.81. The molecule has 4 aliphatic rings. The highest BCUT2D eigenvalue weighted by molar-refractivity contribution is 5.75. The zero-order chi connectivity index (χ0) is 25.4. The molecular weight excluding hydrogens is 462 g/mol. The lowest BCUT2D eigenvalue weighted by atomic mass is 9.68. The number of carbonyl (C=O) groups is 1. The van der Waals surface area contributed by atoms with Crippen LogP contribution in [0.4, 0.5) is 0 Å². The van der Waals surface area contributed by atoms with Crippen molar-refractivity contribution in [1.29, 1.82) is 0 Å². The minimum atomic E-state index is -0.198. The van der Waals surface area contributed by atoms with Crippen LogP contribution < -0.4 is 5.56 Å². The summed E-state index contributed by atoms with van der Waals surface area (Å²) in [6, 6.07) is 10.3. The van der Waals surface area contributed by atoms with Crippen molar-refractivity contribution in [1.82, 2.24) is 14.5 Å². The average Bonchev–Trinajstić information content (AvgIpc) is 2.88. The lowest BCUT2D eigenvalue weighted by molar-refractivity contribution is -0.143. The molecule has 4 fully saturated rings. The average molecular weight is 506 g/mol. The first-order chi connectivity index (χ1) is 18.1. The number of aryl methyl sites for hydroxylation is 1. The highest BCUT2D eigenvalue weighted by atomic mass is 16.5. The van der Waals surface area contributed by atoms with E-state index in [0.29, 0.717) is 43.6 Å². The van der Waals surface area contributed by atoms with E-state index in [1.54, 1.807) is 0 Å². The van der Waals surface area contributed by atoms with Crippen LogP contribution >= 0.6 is 0 Å². The molecular formula is C31H43N3O3. The smallest absolute Gasteiger partial charge is 0.305 e. The first-order valence-corrected chi connectivity index (χ1v) is 15.0. The van der Waals surface area contributed by atoms with Gasteiger partial charge in [-0.3, -0.25) is 14.5 Å². The number of benzene rings is 1. The summed E-state index contributed by atoms with van der Waals surface area (Å²) in [4.78, 5) is 33.5. The van der Waals surface area contributed by atoms with Crippen LogP contribution in [0.15, 0.2) is 29.1 Å². The Balaban J connectivity index is 1.26. The number of aromatic nitrogens is 2. The Bertz CT molecular complexity index is 1150. The molecule has 200 valence electrons. The van der Waals surface area contributed by atoms with Crippen LogP contribution in [0.1, 0.15) is 102 Å². The van der Waals surface area contributed by atoms with Gasteiger partial charge in [-0.25, -0.2) is 4.98 Å². The zero-order valence-corrected chi connectivity index (χ0v) is 22.4. The van der Waals surface area contributed by atoms with Crippen molar-refractivity contribution in [3.8, 4) is 0 Å². The number of nitrogens with zero attached hydrogens (tertiary/aromatic N) is 3. The lowest BCUT2D eigenvalue weighted by Gasteiger charge is -2.55. The van der Waals surface area contributed by atoms with Gasteiger partial charge in [0.25, 0.3) is 5.56 Å². The van der Waals surface area contributed by atoms with Crippen LogP contribution in [-0.4, -0.2) is 45.2 Å². The number of rotatable bonds is 7. The number of hydrogen-bond donors (Lipinski definition) is 0. The molecule has 4 unspecified atom stereocenters. The second-order valence-electron chi connectivity index (χ2n) is 12.2. The molecule has 2 aliphatic carbocycles. The van der Waals surface area contributed by atoms with Gasteiger partial charge in [0.2, 0.25) is 0 Å². The quantitative estimate of drug-likeness (QED) is 0.445. The Kier molecular flexibility index (Phi) is 7.38. The van der Waals surface area contributed by atoms with Crippen LogP contribution in [0.5, 0.6) is 0 Å². The van der Waals surface area contributed by atoms with E-state index in [0.717, 1.165) is 41.8 Å². The fourth-order valence-corrected chi connectivity index (χ4v) is 8.50. The standard InChI is InChI=1S/C31H43N3O3/c1-2-37-30(35)15-7-13-28-31(36)34(29-14-4-3-12-27(29)32-28)26-19-23-10-6-11-24(20-26)33(23)25-17-21-8-5-9-22(16-21)18-25/h3-4,12,14,21-26H,2,5-11,13,15-20H2,1H3/t21?,22?,23-,24?,25?,26?/m0/s1. The summed E-state index contributed by atoms with van der Waals surface area (Å²) >= 11 is 0. The third-order valence-electron chi connectivity index (χ3n) is 9.86. The maximum absolute atomic E-state index is 13.9. The maximum atomic E-state index is 13.9. The topological polar surface area (TPSA) is 64.4 Å². The molecule has 1 aromatic carbocycles. The van der Waals surface area contributed by atoms with E-state index >= 15 is 0 Å². The van der Waals surface area contributed by atoms with Crippen LogP contribution in [-0.2, 0) is 16.0 Å². The van der Waals surface area contributed by atoms with Crippen molar-refractivity contribution >= 4 is 17.0 Å². The highest BCUT2D eigenvalue weighted by Gasteiger charge is 2.45. The molecule has 1 aromatic heterocycles. The molecule has 37 heavy (non-hydrogen) atoms. The van der Waals surface area contributed by atoms with Gasteiger partial charge >= 0.3 is 5.97 Å². The van der Waals surface area contributed by atoms with E-state index in [1.165, 1.54) is 57.8 Å². The molecule has 6 nitrogen and oxygen atoms in total. The molecule has 2 saturated heterocycles. The van der Waals surface area contributed by atoms with Gasteiger partial charge in [0.05, 0.1) is 17.6 Å². The van der Waals surface area contributed by atoms with E-state index in [2.05, 4.69) is 15.5 Å². The molecule has 0 amide bonds. The van der Waals surface area contributed by atoms with Crippen molar-refractivity contribution in [2.24, 2.45) is 11.8 Å². The number of carbonyl (C=O) groups excluding carboxylic acids is 1. The highest BCUT2D eigenvalue weighted by Crippen LogP contribution is 2.47. The van der Waals surface area contributed by atoms with E-state index in [1.807, 2.05) is 25.1 Å². The summed E-state index contributed by atoms with van der Waals surface area (Å²) in [6.45, 7) is 2.21. The minimum absolute atomic E-state index is 0.0475. The Labute approximate surface area is 220 Å². The van der Waals surface area contributed by atoms with Gasteiger partial charge in [0, 0.05) is 30.6 Å². The fraction of sp³-hybridized carbons (Fsp3) is 0.710. The summed E-state index contributed by atoms with van der Waals surface area (Å²) in [5.41, 5.74) is 2.49. The lowest BCUT2D eigenvalue weighted by Crippen LogP contribution is -2.58. The van der Waals surface area contributed by atoms with Crippen molar-refractivity contribution in [3.05, 3.63) is 40.3 Å². The van der Waals surface area contributed by atoms with Gasteiger partial charge in [-0.05, 0) is 88.7 Å². The normalized spacial score (nSPS) is 31.8. The monoisotopic (exact) mass is 505 g/mol. The van der Waals surface area contributed by atoms with Crippen LogP contribution in [0.25, 0.3) is 11.0 Å². The largest absolute Gasteiger partial charge is 0.466 e. The van der Waals surface area contributed by atoms with Crippen molar-refractivity contribution in [2.45, 2.75) is 121 Å². The molecule has 0 spiro atoms. The predicted molar refractivity (Wildman–Crippen MR) is 146 cm³/mol. The van der Waals surface area contributed by atoms with Crippen molar-refractivity contribution < 1.29 is 9.53 Å². The minimum Gasteiger partial charge on any atom is -0.466 e. The molecule has 2 aliphatic heterocycles. The second kappa shape index (κ2) is 10.9. The van der Waals surface area contributed by atoms with Gasteiger partial charge in [-0.2, -0.15) is 0 Å². The molecule has 2 aromatic rings. The molecule has 4 bridgehead atoms. The van der Waals surface area contributed by atoms with E-state index in [-0.39, 0.29) is 17.6 Å². The number of hydrogen-bond acceptors (Lipinski definition) is 5. The molecule has 3 heterocycles. The van der Waals surface area contributed by atoms with Gasteiger partial charge in [0.1, 0.15) is 5.69 Å². The van der Waals surface area contributed by atoms with Gasteiger partial charge in [-0.15, -0.1) is 0 Å². The molecule has 6 heteroatoms. The number of fused-ring (bicyclic) bond motifs is 5. The molecule has 6 rings (SSSR count). The van der Waals surface area contributed by atoms with E-state index in [9.17, 15) is 9.59 Å². The summed E-state index contributed by atoms with van der Waals surface area (Å²) in [7, 11) is 0. The summed E-state index contributed by atoms with van der Waals surface area (Å²) in [5.74, 6) is 1.69. The Morgan fingerprint density at radius 3 is 2.35 bits per heavy atom. The Morgan fingerprint density at radius 2 is 1.62 bits per heavy atom. The van der Waals surface area contributed by atoms with Gasteiger partial charge in [-0.1, -0.05) is 37.8 Å². The Hall–Kier alpha value is -2.21. The van der Waals surface area contributed by atoms with E-state index < -0.39 is 0 Å². The third kappa shape index (κ3) is 5.10. The first-order valence-electron chi connectivity index (χ1n) is 15.0. The van der Waals surface area contributed by atoms with Crippen LogP contribution in [0.2, 0.25) is 0 Å². The molecule has 0 N–H and O–H groups in total. The summed E-state index contributed by atoms with van der Waals surface area (Å²) < 4.78 is 7.18. The number of esters is 1. The van der Waals surface area contributed by atoms with Gasteiger partial charge < -0.3 is 9.30 Å². The second-order valence-corrected chi connectivity index (χ2v) is 12.2.